The van der Waals surface area contributed by atoms with Crippen molar-refractivity contribution in [2.45, 2.75) is 45.4 Å². The molecule has 1 aliphatic carbocycles. The van der Waals surface area contributed by atoms with Gasteiger partial charge in [0.05, 0.1) is 5.69 Å². The predicted molar refractivity (Wildman–Crippen MR) is 135 cm³/mol. The number of hydrogen-bond donors (Lipinski definition) is 2. The van der Waals surface area contributed by atoms with Crippen LogP contribution in [-0.2, 0) is 12.8 Å². The summed E-state index contributed by atoms with van der Waals surface area (Å²) in [5, 5.41) is 3.89. The zero-order chi connectivity index (χ0) is 22.2. The lowest BCUT2D eigenvalue weighted by molar-refractivity contribution is 0.103. The largest absolute Gasteiger partial charge is 0.397 e. The van der Waals surface area contributed by atoms with Crippen LogP contribution in [0.25, 0.3) is 21.3 Å². The van der Waals surface area contributed by atoms with E-state index in [0.29, 0.717) is 16.5 Å². The van der Waals surface area contributed by atoms with Gasteiger partial charge in [-0.15, -0.1) is 11.3 Å². The lowest BCUT2D eigenvalue weighted by atomic mass is 9.87. The van der Waals surface area contributed by atoms with E-state index in [1.807, 2.05) is 30.3 Å². The Hall–Kier alpha value is -3.18. The van der Waals surface area contributed by atoms with Crippen LogP contribution in [0.2, 0.25) is 0 Å². The Balaban J connectivity index is 1.67. The van der Waals surface area contributed by atoms with Crippen molar-refractivity contribution < 1.29 is 4.79 Å². The summed E-state index contributed by atoms with van der Waals surface area (Å²) in [7, 11) is 0. The molecule has 162 valence electrons. The first-order valence-electron chi connectivity index (χ1n) is 11.2. The fraction of sp³-hybridized carbons (Fsp3) is 0.259. The molecule has 2 heterocycles. The van der Waals surface area contributed by atoms with Crippen molar-refractivity contribution in [1.82, 2.24) is 4.98 Å². The second-order valence-electron chi connectivity index (χ2n) is 8.74. The lowest BCUT2D eigenvalue weighted by Gasteiger charge is -2.20. The quantitative estimate of drug-likeness (QED) is 0.366. The third kappa shape index (κ3) is 3.67. The SMILES string of the molecule is CC(C)c1ccc(-c2c3c(nc4sc(C(=O)Nc5ccccc5)c(N)c24)CCCC3)cc1. The van der Waals surface area contributed by atoms with Crippen molar-refractivity contribution in [3.05, 3.63) is 76.3 Å². The number of carbonyl (C=O) groups excluding carboxylic acids is 1. The Bertz CT molecular complexity index is 1290. The first-order chi connectivity index (χ1) is 15.5. The fourth-order valence-corrected chi connectivity index (χ4v) is 5.56. The van der Waals surface area contributed by atoms with Crippen LogP contribution in [0.3, 0.4) is 0 Å². The molecular weight excluding hydrogens is 414 g/mol. The fourth-order valence-electron chi connectivity index (χ4n) is 4.54. The van der Waals surface area contributed by atoms with E-state index >= 15 is 0 Å². The van der Waals surface area contributed by atoms with Gasteiger partial charge in [0, 0.05) is 16.8 Å². The number of nitrogens with one attached hydrogen (secondary N) is 1. The van der Waals surface area contributed by atoms with E-state index in [2.05, 4.69) is 43.4 Å². The highest BCUT2D eigenvalue weighted by Gasteiger charge is 2.26. The molecule has 0 saturated carbocycles. The van der Waals surface area contributed by atoms with Crippen molar-refractivity contribution in [3.63, 3.8) is 0 Å². The predicted octanol–water partition coefficient (Wildman–Crippen LogP) is 6.80. The summed E-state index contributed by atoms with van der Waals surface area (Å²) in [4.78, 5) is 19.4. The highest BCUT2D eigenvalue weighted by molar-refractivity contribution is 7.21. The first-order valence-corrected chi connectivity index (χ1v) is 12.0. The van der Waals surface area contributed by atoms with E-state index in [0.717, 1.165) is 58.4 Å². The van der Waals surface area contributed by atoms with Crippen molar-refractivity contribution in [1.29, 1.82) is 0 Å². The molecule has 2 aromatic heterocycles. The van der Waals surface area contributed by atoms with Crippen LogP contribution in [0.1, 0.15) is 59.1 Å². The van der Waals surface area contributed by atoms with Crippen molar-refractivity contribution in [3.8, 4) is 11.1 Å². The highest BCUT2D eigenvalue weighted by atomic mass is 32.1. The van der Waals surface area contributed by atoms with Gasteiger partial charge in [-0.25, -0.2) is 4.98 Å². The van der Waals surface area contributed by atoms with E-state index in [1.54, 1.807) is 0 Å². The van der Waals surface area contributed by atoms with Gasteiger partial charge in [-0.3, -0.25) is 4.79 Å². The number of nitrogens with two attached hydrogens (primary N) is 1. The first kappa shape index (κ1) is 20.7. The van der Waals surface area contributed by atoms with Gasteiger partial charge in [-0.2, -0.15) is 0 Å². The van der Waals surface area contributed by atoms with Gasteiger partial charge < -0.3 is 11.1 Å². The average molecular weight is 442 g/mol. The molecular formula is C27H27N3OS. The standard InChI is InChI=1S/C27H27N3OS/c1-16(2)17-12-14-18(15-13-17)22-20-10-6-7-11-21(20)30-27-23(22)24(28)25(32-27)26(31)29-19-8-4-3-5-9-19/h3-5,8-9,12-16H,6-7,10-11,28H2,1-2H3,(H,29,31). The van der Waals surface area contributed by atoms with Crippen LogP contribution >= 0.6 is 11.3 Å². The molecule has 0 spiro atoms. The van der Waals surface area contributed by atoms with Gasteiger partial charge in [0.25, 0.3) is 5.91 Å². The van der Waals surface area contributed by atoms with Crippen molar-refractivity contribution in [2.75, 3.05) is 11.1 Å². The van der Waals surface area contributed by atoms with Gasteiger partial charge in [-0.1, -0.05) is 56.3 Å². The number of thiophene rings is 1. The summed E-state index contributed by atoms with van der Waals surface area (Å²) in [5.74, 6) is 0.297. The van der Waals surface area contributed by atoms with Crippen LogP contribution in [0.5, 0.6) is 0 Å². The molecule has 1 amide bonds. The number of anilines is 2. The number of carbonyl (C=O) groups is 1. The molecule has 0 unspecified atom stereocenters. The van der Waals surface area contributed by atoms with Gasteiger partial charge in [0.1, 0.15) is 9.71 Å². The number of pyridine rings is 1. The van der Waals surface area contributed by atoms with E-state index in [9.17, 15) is 4.79 Å². The molecule has 32 heavy (non-hydrogen) atoms. The third-order valence-electron chi connectivity index (χ3n) is 6.26. The molecule has 4 aromatic rings. The zero-order valence-electron chi connectivity index (χ0n) is 18.4. The summed E-state index contributed by atoms with van der Waals surface area (Å²) >= 11 is 1.39. The summed E-state index contributed by atoms with van der Waals surface area (Å²) < 4.78 is 0. The summed E-state index contributed by atoms with van der Waals surface area (Å²) in [6.45, 7) is 4.41. The monoisotopic (exact) mass is 441 g/mol. The van der Waals surface area contributed by atoms with Crippen LogP contribution < -0.4 is 11.1 Å². The minimum absolute atomic E-state index is 0.184. The number of amides is 1. The maximum Gasteiger partial charge on any atom is 0.267 e. The number of fused-ring (bicyclic) bond motifs is 2. The smallest absolute Gasteiger partial charge is 0.267 e. The molecule has 0 atom stereocenters. The Morgan fingerprint density at radius 2 is 1.75 bits per heavy atom. The number of para-hydroxylation sites is 1. The molecule has 2 aromatic carbocycles. The second kappa shape index (κ2) is 8.40. The lowest BCUT2D eigenvalue weighted by Crippen LogP contribution is -2.12. The van der Waals surface area contributed by atoms with Crippen molar-refractivity contribution >= 4 is 38.8 Å². The number of hydrogen-bond acceptors (Lipinski definition) is 4. The van der Waals surface area contributed by atoms with Gasteiger partial charge >= 0.3 is 0 Å². The molecule has 0 saturated heterocycles. The normalized spacial score (nSPS) is 13.3. The zero-order valence-corrected chi connectivity index (χ0v) is 19.3. The molecule has 3 N–H and O–H groups in total. The Morgan fingerprint density at radius 3 is 2.47 bits per heavy atom. The molecule has 0 radical (unpaired) electrons. The number of aromatic nitrogens is 1. The van der Waals surface area contributed by atoms with Gasteiger partial charge in [0.15, 0.2) is 0 Å². The maximum absolute atomic E-state index is 13.1. The number of benzene rings is 2. The Morgan fingerprint density at radius 1 is 1.03 bits per heavy atom. The van der Waals surface area contributed by atoms with Crippen LogP contribution in [0.15, 0.2) is 54.6 Å². The van der Waals surface area contributed by atoms with Crippen LogP contribution in [0.4, 0.5) is 11.4 Å². The average Bonchev–Trinajstić information content (AvgIpc) is 3.14. The number of rotatable bonds is 4. The minimum Gasteiger partial charge on any atom is -0.397 e. The molecule has 5 heteroatoms. The highest BCUT2D eigenvalue weighted by Crippen LogP contribution is 2.44. The van der Waals surface area contributed by atoms with Gasteiger partial charge in [-0.05, 0) is 66.0 Å². The van der Waals surface area contributed by atoms with E-state index in [4.69, 9.17) is 10.7 Å². The second-order valence-corrected chi connectivity index (χ2v) is 9.74. The molecule has 1 aliphatic rings. The number of nitrogen functional groups attached to an aromatic ring is 1. The molecule has 0 fully saturated rings. The van der Waals surface area contributed by atoms with Gasteiger partial charge in [0.2, 0.25) is 0 Å². The Kier molecular flexibility index (Phi) is 5.43. The summed E-state index contributed by atoms with van der Waals surface area (Å²) in [6, 6.07) is 18.3. The molecule has 0 aliphatic heterocycles. The van der Waals surface area contributed by atoms with Crippen LogP contribution in [0, 0.1) is 0 Å². The maximum atomic E-state index is 13.1. The number of aryl methyl sites for hydroxylation is 1. The summed E-state index contributed by atoms with van der Waals surface area (Å²) in [6.07, 6.45) is 4.29. The van der Waals surface area contributed by atoms with E-state index in [-0.39, 0.29) is 5.91 Å². The van der Waals surface area contributed by atoms with Crippen LogP contribution in [-0.4, -0.2) is 10.9 Å². The molecule has 0 bridgehead atoms. The Labute approximate surface area is 192 Å². The molecule has 4 nitrogen and oxygen atoms in total. The van der Waals surface area contributed by atoms with Crippen molar-refractivity contribution in [2.24, 2.45) is 0 Å². The number of nitrogens with zero attached hydrogens (tertiary/aromatic N) is 1. The topological polar surface area (TPSA) is 68.0 Å². The minimum atomic E-state index is -0.184. The van der Waals surface area contributed by atoms with E-state index < -0.39 is 0 Å². The molecule has 5 rings (SSSR count). The third-order valence-corrected chi connectivity index (χ3v) is 7.36. The summed E-state index contributed by atoms with van der Waals surface area (Å²) in [5.41, 5.74) is 14.0. The van der Waals surface area contributed by atoms with E-state index in [1.165, 1.54) is 22.5 Å².